The zero-order valence-corrected chi connectivity index (χ0v) is 10.4. The van der Waals surface area contributed by atoms with E-state index in [1.807, 2.05) is 18.2 Å². The molecule has 1 unspecified atom stereocenters. The van der Waals surface area contributed by atoms with Crippen LogP contribution in [-0.2, 0) is 4.79 Å². The highest BCUT2D eigenvalue weighted by Gasteiger charge is 2.23. The Morgan fingerprint density at radius 3 is 2.71 bits per heavy atom. The number of hydrogen-bond acceptors (Lipinski definition) is 3. The number of carbonyl (C=O) groups is 1. The first-order valence-corrected chi connectivity index (χ1v) is 5.98. The monoisotopic (exact) mass is 234 g/mol. The Morgan fingerprint density at radius 1 is 1.24 bits per heavy atom. The number of methoxy groups -OCH3 is 2. The first-order chi connectivity index (χ1) is 8.24. The van der Waals surface area contributed by atoms with Gasteiger partial charge in [0.25, 0.3) is 0 Å². The van der Waals surface area contributed by atoms with E-state index >= 15 is 0 Å². The van der Waals surface area contributed by atoms with Crippen LogP contribution in [0.25, 0.3) is 0 Å². The van der Waals surface area contributed by atoms with Gasteiger partial charge in [0.15, 0.2) is 0 Å². The summed E-state index contributed by atoms with van der Waals surface area (Å²) in [6, 6.07) is 5.83. The van der Waals surface area contributed by atoms with Crippen molar-refractivity contribution in [2.75, 3.05) is 14.2 Å². The summed E-state index contributed by atoms with van der Waals surface area (Å²) in [7, 11) is 3.29. The zero-order chi connectivity index (χ0) is 12.3. The van der Waals surface area contributed by atoms with Gasteiger partial charge in [-0.05, 0) is 30.4 Å². The second-order valence-corrected chi connectivity index (χ2v) is 4.44. The van der Waals surface area contributed by atoms with Crippen molar-refractivity contribution in [1.82, 2.24) is 0 Å². The SMILES string of the molecule is COc1ccc(C2CCCC(=O)C2)c(OC)c1. The fourth-order valence-electron chi connectivity index (χ4n) is 2.45. The van der Waals surface area contributed by atoms with Crippen molar-refractivity contribution in [3.63, 3.8) is 0 Å². The Balaban J connectivity index is 2.27. The third kappa shape index (κ3) is 2.60. The van der Waals surface area contributed by atoms with E-state index < -0.39 is 0 Å². The highest BCUT2D eigenvalue weighted by molar-refractivity contribution is 5.80. The van der Waals surface area contributed by atoms with Crippen LogP contribution in [0, 0.1) is 0 Å². The molecule has 0 N–H and O–H groups in total. The average Bonchev–Trinajstić information content (AvgIpc) is 2.38. The molecule has 2 rings (SSSR count). The molecular formula is C14H18O3. The van der Waals surface area contributed by atoms with Crippen molar-refractivity contribution < 1.29 is 14.3 Å². The van der Waals surface area contributed by atoms with Gasteiger partial charge in [0, 0.05) is 18.9 Å². The number of ketones is 1. The second-order valence-electron chi connectivity index (χ2n) is 4.44. The summed E-state index contributed by atoms with van der Waals surface area (Å²) >= 11 is 0. The molecule has 3 heteroatoms. The molecule has 0 saturated heterocycles. The summed E-state index contributed by atoms with van der Waals surface area (Å²) in [5.74, 6) is 2.27. The van der Waals surface area contributed by atoms with Crippen LogP contribution in [0.4, 0.5) is 0 Å². The Kier molecular flexibility index (Phi) is 3.67. The summed E-state index contributed by atoms with van der Waals surface area (Å²) < 4.78 is 10.6. The van der Waals surface area contributed by atoms with Gasteiger partial charge in [0.05, 0.1) is 14.2 Å². The summed E-state index contributed by atoms with van der Waals surface area (Å²) in [5.41, 5.74) is 1.13. The number of ether oxygens (including phenoxy) is 2. The molecule has 1 fully saturated rings. The van der Waals surface area contributed by atoms with Gasteiger partial charge in [-0.25, -0.2) is 0 Å². The third-order valence-corrected chi connectivity index (χ3v) is 3.36. The minimum Gasteiger partial charge on any atom is -0.497 e. The van der Waals surface area contributed by atoms with E-state index in [4.69, 9.17) is 9.47 Å². The number of carbonyl (C=O) groups excluding carboxylic acids is 1. The van der Waals surface area contributed by atoms with Gasteiger partial charge in [0.2, 0.25) is 0 Å². The fourth-order valence-corrected chi connectivity index (χ4v) is 2.45. The van der Waals surface area contributed by atoms with Crippen LogP contribution in [0.3, 0.4) is 0 Å². The normalized spacial score (nSPS) is 20.1. The first kappa shape index (κ1) is 12.0. The maximum atomic E-state index is 11.5. The molecule has 0 amide bonds. The lowest BCUT2D eigenvalue weighted by atomic mass is 9.83. The van der Waals surface area contributed by atoms with E-state index in [1.54, 1.807) is 14.2 Å². The van der Waals surface area contributed by atoms with E-state index in [0.29, 0.717) is 18.1 Å². The molecular weight excluding hydrogens is 216 g/mol. The summed E-state index contributed by atoms with van der Waals surface area (Å²) in [6.45, 7) is 0. The number of rotatable bonds is 3. The molecule has 1 aliphatic rings. The van der Waals surface area contributed by atoms with Crippen molar-refractivity contribution in [3.05, 3.63) is 23.8 Å². The molecule has 17 heavy (non-hydrogen) atoms. The lowest BCUT2D eigenvalue weighted by Crippen LogP contribution is -2.14. The maximum absolute atomic E-state index is 11.5. The van der Waals surface area contributed by atoms with E-state index in [2.05, 4.69) is 0 Å². The second kappa shape index (κ2) is 5.21. The molecule has 1 aromatic rings. The average molecular weight is 234 g/mol. The van der Waals surface area contributed by atoms with Crippen LogP contribution in [-0.4, -0.2) is 20.0 Å². The first-order valence-electron chi connectivity index (χ1n) is 5.98. The van der Waals surface area contributed by atoms with Gasteiger partial charge in [-0.3, -0.25) is 4.79 Å². The lowest BCUT2D eigenvalue weighted by molar-refractivity contribution is -0.120. The Morgan fingerprint density at radius 2 is 2.06 bits per heavy atom. The molecule has 0 radical (unpaired) electrons. The summed E-state index contributed by atoms with van der Waals surface area (Å²) in [5, 5.41) is 0. The fraction of sp³-hybridized carbons (Fsp3) is 0.500. The molecule has 1 saturated carbocycles. The molecule has 92 valence electrons. The third-order valence-electron chi connectivity index (χ3n) is 3.36. The van der Waals surface area contributed by atoms with Gasteiger partial charge in [-0.1, -0.05) is 6.07 Å². The molecule has 0 aromatic heterocycles. The van der Waals surface area contributed by atoms with E-state index in [1.165, 1.54) is 0 Å². The Bertz CT molecular complexity index is 412. The van der Waals surface area contributed by atoms with E-state index in [0.717, 1.165) is 36.3 Å². The Labute approximate surface area is 102 Å². The molecule has 0 heterocycles. The van der Waals surface area contributed by atoms with Crippen molar-refractivity contribution in [2.45, 2.75) is 31.6 Å². The zero-order valence-electron chi connectivity index (χ0n) is 10.4. The molecule has 3 nitrogen and oxygen atoms in total. The maximum Gasteiger partial charge on any atom is 0.133 e. The van der Waals surface area contributed by atoms with E-state index in [9.17, 15) is 4.79 Å². The van der Waals surface area contributed by atoms with Gasteiger partial charge >= 0.3 is 0 Å². The van der Waals surface area contributed by atoms with Crippen molar-refractivity contribution in [3.8, 4) is 11.5 Å². The molecule has 1 aromatic carbocycles. The number of Topliss-reactive ketones (excluding diaryl/α,β-unsaturated/α-hetero) is 1. The summed E-state index contributed by atoms with van der Waals surface area (Å²) in [6.07, 6.45) is 3.42. The number of benzene rings is 1. The van der Waals surface area contributed by atoms with Crippen molar-refractivity contribution in [2.24, 2.45) is 0 Å². The highest BCUT2D eigenvalue weighted by Crippen LogP contribution is 2.37. The quantitative estimate of drug-likeness (QED) is 0.806. The van der Waals surface area contributed by atoms with E-state index in [-0.39, 0.29) is 0 Å². The van der Waals surface area contributed by atoms with Gasteiger partial charge in [0.1, 0.15) is 17.3 Å². The van der Waals surface area contributed by atoms with Gasteiger partial charge in [-0.15, -0.1) is 0 Å². The van der Waals surface area contributed by atoms with Crippen LogP contribution in [0.15, 0.2) is 18.2 Å². The predicted octanol–water partition coefficient (Wildman–Crippen LogP) is 2.93. The van der Waals surface area contributed by atoms with Crippen molar-refractivity contribution in [1.29, 1.82) is 0 Å². The minimum absolute atomic E-state index is 0.303. The lowest BCUT2D eigenvalue weighted by Gasteiger charge is -2.23. The van der Waals surface area contributed by atoms with Gasteiger partial charge in [-0.2, -0.15) is 0 Å². The van der Waals surface area contributed by atoms with Crippen molar-refractivity contribution >= 4 is 5.78 Å². The summed E-state index contributed by atoms with van der Waals surface area (Å²) in [4.78, 5) is 11.5. The molecule has 0 bridgehead atoms. The predicted molar refractivity (Wildman–Crippen MR) is 65.8 cm³/mol. The topological polar surface area (TPSA) is 35.5 Å². The van der Waals surface area contributed by atoms with Crippen LogP contribution in [0.1, 0.15) is 37.2 Å². The minimum atomic E-state index is 0.303. The standard InChI is InChI=1S/C14H18O3/c1-16-12-6-7-13(14(9-12)17-2)10-4-3-5-11(15)8-10/h6-7,9-10H,3-5,8H2,1-2H3. The van der Waals surface area contributed by atoms with Gasteiger partial charge < -0.3 is 9.47 Å². The van der Waals surface area contributed by atoms with Crippen LogP contribution >= 0.6 is 0 Å². The smallest absolute Gasteiger partial charge is 0.133 e. The number of hydrogen-bond donors (Lipinski definition) is 0. The highest BCUT2D eigenvalue weighted by atomic mass is 16.5. The molecule has 1 aliphatic carbocycles. The van der Waals surface area contributed by atoms with Crippen LogP contribution in [0.5, 0.6) is 11.5 Å². The molecule has 0 aliphatic heterocycles. The Hall–Kier alpha value is -1.51. The molecule has 0 spiro atoms. The van der Waals surface area contributed by atoms with Crippen LogP contribution < -0.4 is 9.47 Å². The van der Waals surface area contributed by atoms with Crippen LogP contribution in [0.2, 0.25) is 0 Å². The molecule has 1 atom stereocenters. The largest absolute Gasteiger partial charge is 0.497 e.